The van der Waals surface area contributed by atoms with Crippen LogP contribution in [-0.4, -0.2) is 22.1 Å². The SMILES string of the molecule is N#CCOc1cccc(CNC(=O)[C@@H]2CCn3c(cnc3-c3ccccc3)C2)c1. The number of rotatable bonds is 6. The second-order valence-corrected chi connectivity index (χ2v) is 7.09. The van der Waals surface area contributed by atoms with Crippen LogP contribution in [0.1, 0.15) is 17.7 Å². The summed E-state index contributed by atoms with van der Waals surface area (Å²) >= 11 is 0. The molecule has 1 atom stereocenters. The maximum Gasteiger partial charge on any atom is 0.223 e. The highest BCUT2D eigenvalue weighted by Crippen LogP contribution is 2.27. The summed E-state index contributed by atoms with van der Waals surface area (Å²) in [4.78, 5) is 17.3. The van der Waals surface area contributed by atoms with Crippen molar-refractivity contribution in [3.05, 3.63) is 72.1 Å². The number of nitriles is 1. The molecule has 29 heavy (non-hydrogen) atoms. The van der Waals surface area contributed by atoms with E-state index in [0.29, 0.717) is 18.7 Å². The van der Waals surface area contributed by atoms with E-state index in [-0.39, 0.29) is 18.4 Å². The summed E-state index contributed by atoms with van der Waals surface area (Å²) in [5, 5.41) is 11.6. The van der Waals surface area contributed by atoms with Crippen molar-refractivity contribution >= 4 is 5.91 Å². The van der Waals surface area contributed by atoms with E-state index >= 15 is 0 Å². The molecule has 0 saturated heterocycles. The lowest BCUT2D eigenvalue weighted by Crippen LogP contribution is -2.35. The molecule has 0 bridgehead atoms. The summed E-state index contributed by atoms with van der Waals surface area (Å²) in [6, 6.07) is 19.5. The molecule has 3 aromatic rings. The summed E-state index contributed by atoms with van der Waals surface area (Å²) in [7, 11) is 0. The van der Waals surface area contributed by atoms with Gasteiger partial charge < -0.3 is 14.6 Å². The minimum atomic E-state index is -0.0548. The fraction of sp³-hybridized carbons (Fsp3) is 0.261. The number of fused-ring (bicyclic) bond motifs is 1. The van der Waals surface area contributed by atoms with Crippen molar-refractivity contribution in [2.24, 2.45) is 5.92 Å². The van der Waals surface area contributed by atoms with Crippen LogP contribution in [0.4, 0.5) is 0 Å². The molecule has 0 radical (unpaired) electrons. The number of nitrogens with one attached hydrogen (secondary N) is 1. The number of carbonyl (C=O) groups is 1. The molecular weight excluding hydrogens is 364 g/mol. The number of ether oxygens (including phenoxy) is 1. The summed E-state index contributed by atoms with van der Waals surface area (Å²) in [6.07, 6.45) is 3.37. The quantitative estimate of drug-likeness (QED) is 0.705. The first kappa shape index (κ1) is 18.8. The fourth-order valence-electron chi connectivity index (χ4n) is 3.70. The van der Waals surface area contributed by atoms with Crippen molar-refractivity contribution in [2.45, 2.75) is 25.9 Å². The molecule has 0 aliphatic carbocycles. The molecule has 1 amide bonds. The number of nitrogens with zero attached hydrogens (tertiary/aromatic N) is 3. The predicted molar refractivity (Wildman–Crippen MR) is 109 cm³/mol. The van der Waals surface area contributed by atoms with Crippen LogP contribution in [0.2, 0.25) is 0 Å². The van der Waals surface area contributed by atoms with Crippen LogP contribution in [0.3, 0.4) is 0 Å². The van der Waals surface area contributed by atoms with Crippen LogP contribution in [-0.2, 0) is 24.3 Å². The Balaban J connectivity index is 1.37. The molecule has 2 heterocycles. The molecule has 6 heteroatoms. The Kier molecular flexibility index (Phi) is 5.57. The molecule has 1 aromatic heterocycles. The minimum Gasteiger partial charge on any atom is -0.479 e. The number of imidazole rings is 1. The zero-order valence-electron chi connectivity index (χ0n) is 16.0. The highest BCUT2D eigenvalue weighted by atomic mass is 16.5. The van der Waals surface area contributed by atoms with E-state index in [2.05, 4.69) is 27.0 Å². The lowest BCUT2D eigenvalue weighted by atomic mass is 9.95. The maximum atomic E-state index is 12.7. The van der Waals surface area contributed by atoms with Gasteiger partial charge in [-0.1, -0.05) is 42.5 Å². The molecule has 0 saturated carbocycles. The zero-order valence-corrected chi connectivity index (χ0v) is 16.0. The van der Waals surface area contributed by atoms with Gasteiger partial charge in [-0.3, -0.25) is 4.79 Å². The lowest BCUT2D eigenvalue weighted by molar-refractivity contribution is -0.125. The first-order valence-corrected chi connectivity index (χ1v) is 9.71. The van der Waals surface area contributed by atoms with Gasteiger partial charge in [-0.2, -0.15) is 5.26 Å². The molecule has 1 aliphatic heterocycles. The molecule has 0 fully saturated rings. The van der Waals surface area contributed by atoms with Gasteiger partial charge in [0.25, 0.3) is 0 Å². The Hall–Kier alpha value is -3.59. The van der Waals surface area contributed by atoms with Gasteiger partial charge in [0.05, 0.1) is 0 Å². The van der Waals surface area contributed by atoms with E-state index in [4.69, 9.17) is 10.00 Å². The average molecular weight is 386 g/mol. The van der Waals surface area contributed by atoms with E-state index in [0.717, 1.165) is 35.6 Å². The van der Waals surface area contributed by atoms with Crippen LogP contribution in [0.5, 0.6) is 5.75 Å². The first-order valence-electron chi connectivity index (χ1n) is 9.71. The minimum absolute atomic E-state index is 0.0105. The third kappa shape index (κ3) is 4.30. The lowest BCUT2D eigenvalue weighted by Gasteiger charge is -2.24. The Morgan fingerprint density at radius 1 is 1.24 bits per heavy atom. The van der Waals surface area contributed by atoms with E-state index in [9.17, 15) is 4.79 Å². The second-order valence-electron chi connectivity index (χ2n) is 7.09. The van der Waals surface area contributed by atoms with Gasteiger partial charge in [0.15, 0.2) is 6.61 Å². The molecule has 1 N–H and O–H groups in total. The van der Waals surface area contributed by atoms with Gasteiger partial charge in [-0.15, -0.1) is 0 Å². The van der Waals surface area contributed by atoms with Crippen molar-refractivity contribution < 1.29 is 9.53 Å². The standard InChI is InChI=1S/C23H22N4O2/c24-10-12-29-21-8-4-5-17(13-21)15-26-23(28)19-9-11-27-20(14-19)16-25-22(27)18-6-2-1-3-7-18/h1-8,13,16,19H,9,11-12,14-15H2,(H,26,28)/t19-/m1/s1. The van der Waals surface area contributed by atoms with Crippen LogP contribution in [0.15, 0.2) is 60.8 Å². The highest BCUT2D eigenvalue weighted by molar-refractivity contribution is 5.79. The number of benzene rings is 2. The largest absolute Gasteiger partial charge is 0.479 e. The first-order chi connectivity index (χ1) is 14.2. The number of hydrogen-bond acceptors (Lipinski definition) is 4. The highest BCUT2D eigenvalue weighted by Gasteiger charge is 2.26. The molecule has 0 unspecified atom stereocenters. The molecule has 6 nitrogen and oxygen atoms in total. The Bertz CT molecular complexity index is 1040. The zero-order chi connectivity index (χ0) is 20.1. The van der Waals surface area contributed by atoms with Crippen LogP contribution in [0, 0.1) is 17.2 Å². The molecule has 0 spiro atoms. The third-order valence-corrected chi connectivity index (χ3v) is 5.17. The number of carbonyl (C=O) groups excluding carboxylic acids is 1. The molecule has 1 aliphatic rings. The van der Waals surface area contributed by atoms with Gasteiger partial charge >= 0.3 is 0 Å². The number of hydrogen-bond donors (Lipinski definition) is 1. The van der Waals surface area contributed by atoms with Gasteiger partial charge in [0.1, 0.15) is 17.6 Å². The van der Waals surface area contributed by atoms with Crippen molar-refractivity contribution in [1.29, 1.82) is 5.26 Å². The summed E-state index contributed by atoms with van der Waals surface area (Å²) in [6.45, 7) is 1.24. The van der Waals surface area contributed by atoms with E-state index in [1.54, 1.807) is 6.07 Å². The number of aromatic nitrogens is 2. The Morgan fingerprint density at radius 2 is 2.10 bits per heavy atom. The van der Waals surface area contributed by atoms with Gasteiger partial charge in [0, 0.05) is 42.9 Å². The molecule has 2 aromatic carbocycles. The van der Waals surface area contributed by atoms with Crippen molar-refractivity contribution in [3.8, 4) is 23.2 Å². The van der Waals surface area contributed by atoms with Gasteiger partial charge in [-0.05, 0) is 24.1 Å². The third-order valence-electron chi connectivity index (χ3n) is 5.17. The maximum absolute atomic E-state index is 12.7. The fourth-order valence-corrected chi connectivity index (χ4v) is 3.70. The van der Waals surface area contributed by atoms with Crippen LogP contribution >= 0.6 is 0 Å². The smallest absolute Gasteiger partial charge is 0.223 e. The molecule has 4 rings (SSSR count). The van der Waals surface area contributed by atoms with Crippen molar-refractivity contribution in [1.82, 2.24) is 14.9 Å². The summed E-state index contributed by atoms with van der Waals surface area (Å²) in [5.41, 5.74) is 3.14. The van der Waals surface area contributed by atoms with Gasteiger partial charge in [0.2, 0.25) is 5.91 Å². The summed E-state index contributed by atoms with van der Waals surface area (Å²) < 4.78 is 7.53. The predicted octanol–water partition coefficient (Wildman–Crippen LogP) is 3.33. The molecule has 146 valence electrons. The van der Waals surface area contributed by atoms with Crippen LogP contribution in [0.25, 0.3) is 11.4 Å². The van der Waals surface area contributed by atoms with Crippen LogP contribution < -0.4 is 10.1 Å². The Morgan fingerprint density at radius 3 is 2.93 bits per heavy atom. The van der Waals surface area contributed by atoms with E-state index in [1.165, 1.54) is 0 Å². The van der Waals surface area contributed by atoms with E-state index < -0.39 is 0 Å². The average Bonchev–Trinajstić information content (AvgIpc) is 3.20. The molecular formula is C23H22N4O2. The monoisotopic (exact) mass is 386 g/mol. The number of amides is 1. The van der Waals surface area contributed by atoms with Crippen molar-refractivity contribution in [2.75, 3.05) is 6.61 Å². The Labute approximate surface area is 169 Å². The van der Waals surface area contributed by atoms with Crippen molar-refractivity contribution in [3.63, 3.8) is 0 Å². The normalized spacial score (nSPS) is 15.2. The van der Waals surface area contributed by atoms with Gasteiger partial charge in [-0.25, -0.2) is 4.98 Å². The summed E-state index contributed by atoms with van der Waals surface area (Å²) in [5.74, 6) is 1.60. The van der Waals surface area contributed by atoms with E-state index in [1.807, 2.05) is 48.7 Å². The second kappa shape index (κ2) is 8.61. The topological polar surface area (TPSA) is 79.9 Å².